The van der Waals surface area contributed by atoms with Gasteiger partial charge in [0.2, 0.25) is 0 Å². The maximum absolute atomic E-state index is 10.9. The van der Waals surface area contributed by atoms with Crippen LogP contribution in [-0.4, -0.2) is 22.2 Å². The fourth-order valence-corrected chi connectivity index (χ4v) is 5.72. The van der Waals surface area contributed by atoms with Crippen LogP contribution in [0, 0.1) is 14.3 Å². The summed E-state index contributed by atoms with van der Waals surface area (Å²) in [5, 5.41) is 21.8. The maximum atomic E-state index is 10.9. The summed E-state index contributed by atoms with van der Waals surface area (Å²) in [5.74, 6) is 0.786. The van der Waals surface area contributed by atoms with E-state index in [0.717, 1.165) is 25.6 Å². The molecular formula is C16H13I4NO4. The van der Waals surface area contributed by atoms with Gasteiger partial charge in [0.1, 0.15) is 17.5 Å². The van der Waals surface area contributed by atoms with Crippen molar-refractivity contribution in [1.82, 2.24) is 5.32 Å². The minimum absolute atomic E-state index is 0.256. The molecule has 0 aliphatic rings. The van der Waals surface area contributed by atoms with Crippen LogP contribution in [-0.2, 0) is 11.3 Å². The van der Waals surface area contributed by atoms with Gasteiger partial charge in [-0.25, -0.2) is 0 Å². The number of carbonyl (C=O) groups is 1. The fourth-order valence-electron chi connectivity index (χ4n) is 1.89. The smallest absolute Gasteiger partial charge is 0.320 e. The lowest BCUT2D eigenvalue weighted by molar-refractivity contribution is -0.139. The summed E-state index contributed by atoms with van der Waals surface area (Å²) >= 11 is 8.55. The lowest BCUT2D eigenvalue weighted by Crippen LogP contribution is -2.33. The first-order valence-electron chi connectivity index (χ1n) is 6.99. The Morgan fingerprint density at radius 3 is 2.08 bits per heavy atom. The predicted molar refractivity (Wildman–Crippen MR) is 129 cm³/mol. The first-order valence-corrected chi connectivity index (χ1v) is 11.3. The minimum atomic E-state index is -0.874. The molecule has 0 unspecified atom stereocenters. The van der Waals surface area contributed by atoms with Crippen LogP contribution in [0.25, 0.3) is 0 Å². The molecule has 2 rings (SSSR count). The zero-order chi connectivity index (χ0) is 18.7. The Kier molecular flexibility index (Phi) is 8.28. The number of aromatic hydroxyl groups is 1. The molecule has 3 N–H and O–H groups in total. The van der Waals surface area contributed by atoms with Crippen molar-refractivity contribution in [2.24, 2.45) is 0 Å². The number of carboxylic acid groups (broad SMARTS) is 1. The number of ether oxygens (including phenoxy) is 1. The Morgan fingerprint density at radius 1 is 1.08 bits per heavy atom. The number of halogens is 4. The Bertz CT molecular complexity index is 767. The van der Waals surface area contributed by atoms with E-state index in [2.05, 4.69) is 95.7 Å². The van der Waals surface area contributed by atoms with Gasteiger partial charge in [-0.1, -0.05) is 0 Å². The van der Waals surface area contributed by atoms with Crippen molar-refractivity contribution in [2.45, 2.75) is 19.5 Å². The molecule has 9 heteroatoms. The average molecular weight is 791 g/mol. The largest absolute Gasteiger partial charge is 0.506 e. The Labute approximate surface area is 199 Å². The van der Waals surface area contributed by atoms with Crippen LogP contribution in [0.5, 0.6) is 17.2 Å². The molecule has 134 valence electrons. The first kappa shape index (κ1) is 21.7. The molecule has 0 bridgehead atoms. The van der Waals surface area contributed by atoms with E-state index in [1.54, 1.807) is 19.1 Å². The van der Waals surface area contributed by atoms with Gasteiger partial charge in [-0.15, -0.1) is 0 Å². The molecule has 0 radical (unpaired) electrons. The second kappa shape index (κ2) is 9.54. The summed E-state index contributed by atoms with van der Waals surface area (Å²) in [4.78, 5) is 10.9. The van der Waals surface area contributed by atoms with Crippen molar-refractivity contribution in [3.05, 3.63) is 44.1 Å². The van der Waals surface area contributed by atoms with Crippen molar-refractivity contribution >= 4 is 96.3 Å². The predicted octanol–water partition coefficient (Wildman–Crippen LogP) is 5.17. The van der Waals surface area contributed by atoms with Crippen molar-refractivity contribution in [3.63, 3.8) is 0 Å². The van der Waals surface area contributed by atoms with E-state index in [4.69, 9.17) is 9.84 Å². The molecule has 0 saturated heterocycles. The maximum Gasteiger partial charge on any atom is 0.320 e. The van der Waals surface area contributed by atoms with E-state index >= 15 is 0 Å². The van der Waals surface area contributed by atoms with Crippen molar-refractivity contribution < 1.29 is 19.7 Å². The number of nitrogens with one attached hydrogen (secondary N) is 1. The summed E-state index contributed by atoms with van der Waals surface area (Å²) in [6.07, 6.45) is 0. The summed E-state index contributed by atoms with van der Waals surface area (Å²) in [6, 6.07) is 6.90. The molecule has 0 aliphatic carbocycles. The topological polar surface area (TPSA) is 78.8 Å². The lowest BCUT2D eigenvalue weighted by Gasteiger charge is -2.14. The second-order valence-electron chi connectivity index (χ2n) is 5.17. The highest BCUT2D eigenvalue weighted by Crippen LogP contribution is 2.36. The van der Waals surface area contributed by atoms with Gasteiger partial charge in [0.05, 0.1) is 14.3 Å². The van der Waals surface area contributed by atoms with E-state index in [0.29, 0.717) is 12.3 Å². The first-order chi connectivity index (χ1) is 11.7. The zero-order valence-corrected chi connectivity index (χ0v) is 21.4. The van der Waals surface area contributed by atoms with E-state index in [-0.39, 0.29) is 5.75 Å². The summed E-state index contributed by atoms with van der Waals surface area (Å²) in [6.45, 7) is 2.08. The fraction of sp³-hybridized carbons (Fsp3) is 0.188. The third-order valence-corrected chi connectivity index (χ3v) is 6.50. The van der Waals surface area contributed by atoms with E-state index in [1.807, 2.05) is 12.1 Å². The molecule has 0 fully saturated rings. The minimum Gasteiger partial charge on any atom is -0.506 e. The molecule has 1 atom stereocenters. The zero-order valence-electron chi connectivity index (χ0n) is 12.8. The molecule has 0 amide bonds. The Balaban J connectivity index is 2.21. The van der Waals surface area contributed by atoms with Gasteiger partial charge in [0, 0.05) is 6.54 Å². The normalized spacial score (nSPS) is 12.0. The van der Waals surface area contributed by atoms with Crippen LogP contribution < -0.4 is 10.1 Å². The van der Waals surface area contributed by atoms with Crippen LogP contribution >= 0.6 is 90.4 Å². The second-order valence-corrected chi connectivity index (χ2v) is 9.82. The van der Waals surface area contributed by atoms with Crippen molar-refractivity contribution in [2.75, 3.05) is 0 Å². The van der Waals surface area contributed by atoms with E-state index < -0.39 is 12.0 Å². The van der Waals surface area contributed by atoms with Crippen LogP contribution in [0.1, 0.15) is 12.5 Å². The van der Waals surface area contributed by atoms with E-state index in [1.165, 1.54) is 0 Å². The third-order valence-electron chi connectivity index (χ3n) is 3.25. The SMILES string of the molecule is C[C@H](NCc1cc(I)c(Oc2cc(I)c(O)c(I)c2)c(I)c1)C(=O)O. The highest BCUT2D eigenvalue weighted by Gasteiger charge is 2.14. The number of hydrogen-bond acceptors (Lipinski definition) is 4. The molecule has 2 aromatic rings. The quantitative estimate of drug-likeness (QED) is 0.353. The number of carboxylic acids is 1. The molecule has 0 aliphatic heterocycles. The molecule has 25 heavy (non-hydrogen) atoms. The van der Waals surface area contributed by atoms with Gasteiger partial charge < -0.3 is 20.3 Å². The number of aliphatic carboxylic acids is 1. The molecule has 2 aromatic carbocycles. The van der Waals surface area contributed by atoms with Gasteiger partial charge in [-0.2, -0.15) is 0 Å². The number of benzene rings is 2. The monoisotopic (exact) mass is 791 g/mol. The van der Waals surface area contributed by atoms with Crippen LogP contribution in [0.3, 0.4) is 0 Å². The van der Waals surface area contributed by atoms with Gasteiger partial charge in [0.15, 0.2) is 5.75 Å². The lowest BCUT2D eigenvalue weighted by atomic mass is 10.2. The van der Waals surface area contributed by atoms with Gasteiger partial charge in [-0.3, -0.25) is 4.79 Å². The highest BCUT2D eigenvalue weighted by molar-refractivity contribution is 14.1. The van der Waals surface area contributed by atoms with Gasteiger partial charge in [-0.05, 0) is 127 Å². The van der Waals surface area contributed by atoms with Gasteiger partial charge in [0.25, 0.3) is 0 Å². The summed E-state index contributed by atoms with van der Waals surface area (Å²) < 4.78 is 9.35. The van der Waals surface area contributed by atoms with E-state index in [9.17, 15) is 9.90 Å². The third kappa shape index (κ3) is 5.93. The van der Waals surface area contributed by atoms with Crippen molar-refractivity contribution in [3.8, 4) is 17.2 Å². The molecule has 0 spiro atoms. The highest BCUT2D eigenvalue weighted by atomic mass is 127. The molecule has 0 saturated carbocycles. The summed E-state index contributed by atoms with van der Waals surface area (Å²) in [7, 11) is 0. The van der Waals surface area contributed by atoms with Gasteiger partial charge >= 0.3 is 5.97 Å². The standard InChI is InChI=1S/C16H13I4NO4/c1-7(16(23)24)21-6-8-2-12(19)15(13(20)3-8)25-9-4-10(17)14(22)11(18)5-9/h2-5,7,21-22H,6H2,1H3,(H,23,24)/t7-/m0/s1. The Morgan fingerprint density at radius 2 is 1.60 bits per heavy atom. The van der Waals surface area contributed by atoms with Crippen LogP contribution in [0.4, 0.5) is 0 Å². The molecule has 0 aromatic heterocycles. The summed E-state index contributed by atoms with van der Waals surface area (Å²) in [5.41, 5.74) is 0.990. The number of phenols is 1. The van der Waals surface area contributed by atoms with Crippen LogP contribution in [0.2, 0.25) is 0 Å². The molecular weight excluding hydrogens is 778 g/mol. The number of phenolic OH excluding ortho intramolecular Hbond substituents is 1. The van der Waals surface area contributed by atoms with Crippen LogP contribution in [0.15, 0.2) is 24.3 Å². The van der Waals surface area contributed by atoms with Crippen molar-refractivity contribution in [1.29, 1.82) is 0 Å². The number of rotatable bonds is 6. The number of hydrogen-bond donors (Lipinski definition) is 3. The average Bonchev–Trinajstić information content (AvgIpc) is 2.53. The Hall–Kier alpha value is 0.390. The molecule has 5 nitrogen and oxygen atoms in total. The molecule has 0 heterocycles.